The van der Waals surface area contributed by atoms with Crippen molar-refractivity contribution in [2.24, 2.45) is 0 Å². The zero-order valence-electron chi connectivity index (χ0n) is 10.00. The molecule has 0 fully saturated rings. The molecule has 0 saturated carbocycles. The van der Waals surface area contributed by atoms with Gasteiger partial charge in [-0.1, -0.05) is 41.9 Å². The standard InChI is InChI=1S/C15H11ClF2O/c16-15-12(17)8-11(9-13(15)18)14(19)7-6-10-4-2-1-3-5-10/h1-5,8-9H,6-7H2. The summed E-state index contributed by atoms with van der Waals surface area (Å²) < 4.78 is 26.5. The van der Waals surface area contributed by atoms with Crippen LogP contribution in [-0.2, 0) is 6.42 Å². The molecule has 0 aliphatic carbocycles. The Kier molecular flexibility index (Phi) is 4.27. The number of Topliss-reactive ketones (excluding diaryl/α,β-unsaturated/α-hetero) is 1. The van der Waals surface area contributed by atoms with Crippen LogP contribution in [0.2, 0.25) is 5.02 Å². The number of benzene rings is 2. The van der Waals surface area contributed by atoms with Gasteiger partial charge >= 0.3 is 0 Å². The van der Waals surface area contributed by atoms with Crippen LogP contribution < -0.4 is 0 Å². The van der Waals surface area contributed by atoms with Gasteiger partial charge in [0, 0.05) is 12.0 Å². The molecular formula is C15H11ClF2O. The van der Waals surface area contributed by atoms with E-state index < -0.39 is 16.7 Å². The van der Waals surface area contributed by atoms with Crippen molar-refractivity contribution in [3.63, 3.8) is 0 Å². The quantitative estimate of drug-likeness (QED) is 0.598. The zero-order chi connectivity index (χ0) is 13.8. The summed E-state index contributed by atoms with van der Waals surface area (Å²) in [5, 5.41) is -0.584. The van der Waals surface area contributed by atoms with Crippen molar-refractivity contribution >= 4 is 17.4 Å². The van der Waals surface area contributed by atoms with E-state index in [1.165, 1.54) is 0 Å². The van der Waals surface area contributed by atoms with E-state index in [-0.39, 0.29) is 17.8 Å². The number of carbonyl (C=O) groups is 1. The Bertz CT molecular complexity index is 573. The molecule has 0 heterocycles. The molecule has 2 aromatic rings. The normalized spacial score (nSPS) is 10.5. The van der Waals surface area contributed by atoms with Gasteiger partial charge in [0.1, 0.15) is 16.7 Å². The van der Waals surface area contributed by atoms with Crippen LogP contribution in [0.5, 0.6) is 0 Å². The van der Waals surface area contributed by atoms with Gasteiger partial charge in [-0.15, -0.1) is 0 Å². The minimum atomic E-state index is -0.912. The second-order valence-electron chi connectivity index (χ2n) is 4.16. The SMILES string of the molecule is O=C(CCc1ccccc1)c1cc(F)c(Cl)c(F)c1. The lowest BCUT2D eigenvalue weighted by atomic mass is 10.0. The largest absolute Gasteiger partial charge is 0.294 e. The Morgan fingerprint density at radius 3 is 2.21 bits per heavy atom. The molecule has 0 aliphatic heterocycles. The number of ketones is 1. The number of carbonyl (C=O) groups excluding carboxylic acids is 1. The molecule has 0 spiro atoms. The molecule has 19 heavy (non-hydrogen) atoms. The Morgan fingerprint density at radius 1 is 1.05 bits per heavy atom. The average molecular weight is 281 g/mol. The van der Waals surface area contributed by atoms with Crippen LogP contribution in [0.25, 0.3) is 0 Å². The molecule has 0 unspecified atom stereocenters. The predicted molar refractivity (Wildman–Crippen MR) is 70.5 cm³/mol. The molecule has 2 aromatic carbocycles. The van der Waals surface area contributed by atoms with Gasteiger partial charge in [-0.3, -0.25) is 4.79 Å². The highest BCUT2D eigenvalue weighted by Crippen LogP contribution is 2.21. The summed E-state index contributed by atoms with van der Waals surface area (Å²) >= 11 is 5.37. The molecule has 98 valence electrons. The number of aryl methyl sites for hydroxylation is 1. The van der Waals surface area contributed by atoms with Crippen molar-refractivity contribution in [1.29, 1.82) is 0 Å². The van der Waals surface area contributed by atoms with E-state index in [1.54, 1.807) is 0 Å². The fourth-order valence-corrected chi connectivity index (χ4v) is 1.87. The van der Waals surface area contributed by atoms with E-state index in [0.29, 0.717) is 6.42 Å². The molecule has 0 atom stereocenters. The van der Waals surface area contributed by atoms with E-state index >= 15 is 0 Å². The molecular weight excluding hydrogens is 270 g/mol. The Balaban J connectivity index is 2.08. The first-order chi connectivity index (χ1) is 9.08. The lowest BCUT2D eigenvalue weighted by molar-refractivity contribution is 0.0982. The molecule has 1 nitrogen and oxygen atoms in total. The summed E-state index contributed by atoms with van der Waals surface area (Å²) in [6, 6.07) is 11.4. The molecule has 0 aromatic heterocycles. The van der Waals surface area contributed by atoms with Crippen LogP contribution in [0.3, 0.4) is 0 Å². The highest BCUT2D eigenvalue weighted by Gasteiger charge is 2.13. The smallest absolute Gasteiger partial charge is 0.163 e. The maximum Gasteiger partial charge on any atom is 0.163 e. The minimum absolute atomic E-state index is 0.00957. The number of halogens is 3. The molecule has 2 rings (SSSR count). The van der Waals surface area contributed by atoms with Crippen LogP contribution in [0.4, 0.5) is 8.78 Å². The lowest BCUT2D eigenvalue weighted by Gasteiger charge is -2.04. The molecule has 0 aliphatic rings. The third kappa shape index (κ3) is 3.38. The summed E-state index contributed by atoms with van der Waals surface area (Å²) in [5.74, 6) is -2.13. The Hall–Kier alpha value is -1.74. The van der Waals surface area contributed by atoms with Crippen LogP contribution in [0.15, 0.2) is 42.5 Å². The summed E-state index contributed by atoms with van der Waals surface area (Å²) in [6.07, 6.45) is 0.732. The van der Waals surface area contributed by atoms with Crippen molar-refractivity contribution in [2.45, 2.75) is 12.8 Å². The van der Waals surface area contributed by atoms with Crippen LogP contribution in [0, 0.1) is 11.6 Å². The van der Waals surface area contributed by atoms with Crippen molar-refractivity contribution in [3.05, 3.63) is 70.2 Å². The van der Waals surface area contributed by atoms with Gasteiger partial charge in [0.25, 0.3) is 0 Å². The molecule has 0 bridgehead atoms. The number of rotatable bonds is 4. The van der Waals surface area contributed by atoms with Crippen molar-refractivity contribution < 1.29 is 13.6 Å². The first-order valence-electron chi connectivity index (χ1n) is 5.79. The molecule has 4 heteroatoms. The number of hydrogen-bond acceptors (Lipinski definition) is 1. The van der Waals surface area contributed by atoms with Gasteiger partial charge < -0.3 is 0 Å². The topological polar surface area (TPSA) is 17.1 Å². The van der Waals surface area contributed by atoms with E-state index in [4.69, 9.17) is 11.6 Å². The van der Waals surface area contributed by atoms with Gasteiger partial charge in [-0.25, -0.2) is 8.78 Å². The minimum Gasteiger partial charge on any atom is -0.294 e. The first-order valence-corrected chi connectivity index (χ1v) is 6.17. The first kappa shape index (κ1) is 13.7. The molecule has 0 N–H and O–H groups in total. The van der Waals surface area contributed by atoms with E-state index in [1.807, 2.05) is 30.3 Å². The third-order valence-corrected chi connectivity index (χ3v) is 3.15. The fraction of sp³-hybridized carbons (Fsp3) is 0.133. The zero-order valence-corrected chi connectivity index (χ0v) is 10.8. The van der Waals surface area contributed by atoms with Gasteiger partial charge in [-0.05, 0) is 24.1 Å². The van der Waals surface area contributed by atoms with E-state index in [2.05, 4.69) is 0 Å². The van der Waals surface area contributed by atoms with Gasteiger partial charge in [-0.2, -0.15) is 0 Å². The van der Waals surface area contributed by atoms with Gasteiger partial charge in [0.15, 0.2) is 5.78 Å². The van der Waals surface area contributed by atoms with Crippen LogP contribution in [0.1, 0.15) is 22.3 Å². The Labute approximate surface area is 114 Å². The van der Waals surface area contributed by atoms with Gasteiger partial charge in [0.05, 0.1) is 0 Å². The summed E-state index contributed by atoms with van der Waals surface area (Å²) in [7, 11) is 0. The summed E-state index contributed by atoms with van der Waals surface area (Å²) in [5.41, 5.74) is 1.01. The van der Waals surface area contributed by atoms with Crippen LogP contribution >= 0.6 is 11.6 Å². The van der Waals surface area contributed by atoms with Crippen molar-refractivity contribution in [2.75, 3.05) is 0 Å². The fourth-order valence-electron chi connectivity index (χ4n) is 1.76. The summed E-state index contributed by atoms with van der Waals surface area (Å²) in [4.78, 5) is 11.9. The maximum absolute atomic E-state index is 13.2. The van der Waals surface area contributed by atoms with E-state index in [9.17, 15) is 13.6 Å². The third-order valence-electron chi connectivity index (χ3n) is 2.79. The predicted octanol–water partition coefficient (Wildman–Crippen LogP) is 4.43. The van der Waals surface area contributed by atoms with E-state index in [0.717, 1.165) is 17.7 Å². The average Bonchev–Trinajstić information content (AvgIpc) is 2.42. The maximum atomic E-state index is 13.2. The molecule has 0 saturated heterocycles. The highest BCUT2D eigenvalue weighted by molar-refractivity contribution is 6.31. The Morgan fingerprint density at radius 2 is 1.63 bits per heavy atom. The monoisotopic (exact) mass is 280 g/mol. The second-order valence-corrected chi connectivity index (χ2v) is 4.54. The van der Waals surface area contributed by atoms with Gasteiger partial charge in [0.2, 0.25) is 0 Å². The molecule has 0 radical (unpaired) electrons. The highest BCUT2D eigenvalue weighted by atomic mass is 35.5. The lowest BCUT2D eigenvalue weighted by Crippen LogP contribution is -2.03. The second kappa shape index (κ2) is 5.93. The van der Waals surface area contributed by atoms with Crippen LogP contribution in [-0.4, -0.2) is 5.78 Å². The molecule has 0 amide bonds. The number of hydrogen-bond donors (Lipinski definition) is 0. The van der Waals surface area contributed by atoms with Crippen molar-refractivity contribution in [1.82, 2.24) is 0 Å². The van der Waals surface area contributed by atoms with Crippen molar-refractivity contribution in [3.8, 4) is 0 Å². The summed E-state index contributed by atoms with van der Waals surface area (Å²) in [6.45, 7) is 0.